The lowest BCUT2D eigenvalue weighted by atomic mass is 9.67. The number of aliphatic imine (C=N–C) groups is 1. The van der Waals surface area contributed by atoms with Crippen LogP contribution in [0.5, 0.6) is 0 Å². The van der Waals surface area contributed by atoms with Crippen LogP contribution in [-0.4, -0.2) is 61.5 Å². The summed E-state index contributed by atoms with van der Waals surface area (Å²) in [5, 5.41) is 6.36. The van der Waals surface area contributed by atoms with Crippen LogP contribution in [-0.2, 0) is 16.0 Å². The van der Waals surface area contributed by atoms with Gasteiger partial charge in [0, 0.05) is 39.5 Å². The molecule has 40 heavy (non-hydrogen) atoms. The zero-order valence-corrected chi connectivity index (χ0v) is 25.5. The maximum absolute atomic E-state index is 12.8. The van der Waals surface area contributed by atoms with Gasteiger partial charge in [0.2, 0.25) is 11.8 Å². The number of benzene rings is 1. The summed E-state index contributed by atoms with van der Waals surface area (Å²) in [4.78, 5) is 28.7. The van der Waals surface area contributed by atoms with E-state index in [9.17, 15) is 9.59 Å². The van der Waals surface area contributed by atoms with Crippen molar-refractivity contribution in [1.82, 2.24) is 9.91 Å². The van der Waals surface area contributed by atoms with Crippen LogP contribution in [0, 0.1) is 31.1 Å². The van der Waals surface area contributed by atoms with Crippen molar-refractivity contribution >= 4 is 24.9 Å². The van der Waals surface area contributed by atoms with Gasteiger partial charge in [-0.3, -0.25) is 19.6 Å². The maximum atomic E-state index is 12.8. The highest BCUT2D eigenvalue weighted by Gasteiger charge is 2.40. The van der Waals surface area contributed by atoms with Crippen LogP contribution in [0.4, 0.5) is 0 Å². The van der Waals surface area contributed by atoms with Crippen molar-refractivity contribution in [3.63, 3.8) is 0 Å². The lowest BCUT2D eigenvalue weighted by Crippen LogP contribution is -2.49. The minimum Gasteiger partial charge on any atom is -0.370 e. The van der Waals surface area contributed by atoms with Gasteiger partial charge < -0.3 is 10.6 Å². The van der Waals surface area contributed by atoms with Crippen LogP contribution in [0.15, 0.2) is 47.0 Å². The molecule has 7 nitrogen and oxygen atoms in total. The summed E-state index contributed by atoms with van der Waals surface area (Å²) in [5.74, 6) is 0.663. The first-order chi connectivity index (χ1) is 19.2. The average Bonchev–Trinajstić information content (AvgIpc) is 2.96. The van der Waals surface area contributed by atoms with Crippen LogP contribution >= 0.6 is 0 Å². The number of hydrazone groups is 1. The van der Waals surface area contributed by atoms with Gasteiger partial charge in [0.15, 0.2) is 0 Å². The molecule has 1 aromatic rings. The molecule has 0 aliphatic carbocycles. The SMILES string of the molecule is C#C.C=CCCCC(N)=O.C=N/C=N\N(C)CC1(C(C)CCCC)CCN(C(=O)CCc2ccc(C)cc2)CC1. The molecule has 1 unspecified atom stereocenters. The quantitative estimate of drug-likeness (QED) is 0.0722. The van der Waals surface area contributed by atoms with E-state index in [0.717, 1.165) is 51.7 Å². The standard InChI is InChI=1S/C25H40N4O.C6H11NO.C2H2/c1-6-7-8-22(3)25(19-28(5)27-20-26-4)15-17-29(18-16-25)24(30)14-13-23-11-9-21(2)10-12-23;1-2-3-4-5-6(7)8;1-2/h9-12,20,22H,4,6-8,13-19H2,1-3,5H3;2H,1,3-5H2,(H2,7,8);1-2H/b27-20-;;. The number of aryl methyl sites for hydroxylation is 2. The number of carbonyl (C=O) groups excluding carboxylic acids is 2. The first-order valence-electron chi connectivity index (χ1n) is 14.4. The molecule has 1 fully saturated rings. The zero-order valence-electron chi connectivity index (χ0n) is 25.5. The summed E-state index contributed by atoms with van der Waals surface area (Å²) in [6, 6.07) is 8.50. The fraction of sp³-hybridized carbons (Fsp3) is 0.576. The fourth-order valence-electron chi connectivity index (χ4n) is 5.03. The number of primary amides is 1. The number of nitrogens with zero attached hydrogens (tertiary/aromatic N) is 4. The molecule has 222 valence electrons. The van der Waals surface area contributed by atoms with E-state index < -0.39 is 0 Å². The van der Waals surface area contributed by atoms with Crippen LogP contribution < -0.4 is 5.73 Å². The molecule has 1 atom stereocenters. The highest BCUT2D eigenvalue weighted by Crippen LogP contribution is 2.42. The molecule has 0 spiro atoms. The molecule has 1 aromatic carbocycles. The summed E-state index contributed by atoms with van der Waals surface area (Å²) >= 11 is 0. The van der Waals surface area contributed by atoms with E-state index in [0.29, 0.717) is 18.8 Å². The molecule has 1 aliphatic heterocycles. The highest BCUT2D eigenvalue weighted by molar-refractivity contribution is 5.76. The number of allylic oxidation sites excluding steroid dienone is 1. The normalized spacial score (nSPS) is 14.6. The zero-order chi connectivity index (χ0) is 30.4. The maximum Gasteiger partial charge on any atom is 0.222 e. The minimum absolute atomic E-state index is 0.191. The molecule has 0 bridgehead atoms. The Bertz CT molecular complexity index is 915. The van der Waals surface area contributed by atoms with E-state index in [-0.39, 0.29) is 17.2 Å². The van der Waals surface area contributed by atoms with E-state index in [1.807, 2.05) is 12.1 Å². The Kier molecular flexibility index (Phi) is 19.6. The molecule has 2 rings (SSSR count). The summed E-state index contributed by atoms with van der Waals surface area (Å²) < 4.78 is 0. The first kappa shape index (κ1) is 36.6. The molecule has 7 heteroatoms. The Labute approximate surface area is 244 Å². The number of carbonyl (C=O) groups is 2. The molecular weight excluding hydrogens is 498 g/mol. The van der Waals surface area contributed by atoms with Crippen molar-refractivity contribution in [3.8, 4) is 12.8 Å². The van der Waals surface area contributed by atoms with Crippen molar-refractivity contribution in [3.05, 3.63) is 48.0 Å². The first-order valence-corrected chi connectivity index (χ1v) is 14.4. The third-order valence-electron chi connectivity index (χ3n) is 7.60. The van der Waals surface area contributed by atoms with Crippen molar-refractivity contribution in [2.75, 3.05) is 26.7 Å². The van der Waals surface area contributed by atoms with Crippen molar-refractivity contribution in [1.29, 1.82) is 0 Å². The van der Waals surface area contributed by atoms with Crippen LogP contribution in [0.3, 0.4) is 0 Å². The van der Waals surface area contributed by atoms with Gasteiger partial charge in [0.1, 0.15) is 6.34 Å². The molecule has 1 heterocycles. The molecule has 0 aromatic heterocycles. The van der Waals surface area contributed by atoms with E-state index in [2.05, 4.69) is 86.2 Å². The lowest BCUT2D eigenvalue weighted by molar-refractivity contribution is -0.134. The number of piperidine rings is 1. The van der Waals surface area contributed by atoms with E-state index in [4.69, 9.17) is 5.73 Å². The number of likely N-dealkylation sites (tertiary alicyclic amines) is 1. The van der Waals surface area contributed by atoms with Gasteiger partial charge in [-0.2, -0.15) is 5.10 Å². The fourth-order valence-corrected chi connectivity index (χ4v) is 5.03. The van der Waals surface area contributed by atoms with Crippen molar-refractivity contribution in [2.45, 2.75) is 85.0 Å². The molecule has 2 amide bonds. The predicted molar refractivity (Wildman–Crippen MR) is 170 cm³/mol. The molecule has 1 aliphatic rings. The number of rotatable bonds is 15. The average molecular weight is 552 g/mol. The van der Waals surface area contributed by atoms with Crippen LogP contribution in [0.25, 0.3) is 0 Å². The molecule has 2 N–H and O–H groups in total. The highest BCUT2D eigenvalue weighted by atomic mass is 16.2. The Morgan fingerprint density at radius 2 is 1.80 bits per heavy atom. The number of hydrogen-bond donors (Lipinski definition) is 1. The Hall–Kier alpha value is -3.40. The topological polar surface area (TPSA) is 91.4 Å². The number of terminal acetylenes is 1. The van der Waals surface area contributed by atoms with Crippen molar-refractivity contribution < 1.29 is 9.59 Å². The number of amides is 2. The largest absolute Gasteiger partial charge is 0.370 e. The summed E-state index contributed by atoms with van der Waals surface area (Å²) in [5.41, 5.74) is 7.55. The molecule has 0 radical (unpaired) electrons. The molecular formula is C33H53N5O2. The van der Waals surface area contributed by atoms with E-state index in [1.165, 1.54) is 36.7 Å². The third-order valence-corrected chi connectivity index (χ3v) is 7.60. The second-order valence-electron chi connectivity index (χ2n) is 10.6. The third kappa shape index (κ3) is 14.7. The van der Waals surface area contributed by atoms with Gasteiger partial charge in [-0.05, 0) is 62.6 Å². The number of unbranched alkanes of at least 4 members (excludes halogenated alkanes) is 2. The Morgan fingerprint density at radius 3 is 2.33 bits per heavy atom. The van der Waals surface area contributed by atoms with Crippen LogP contribution in [0.2, 0.25) is 0 Å². The van der Waals surface area contributed by atoms with E-state index in [1.54, 1.807) is 6.08 Å². The van der Waals surface area contributed by atoms with E-state index >= 15 is 0 Å². The Balaban J connectivity index is 0.00000130. The summed E-state index contributed by atoms with van der Waals surface area (Å²) in [6.07, 6.45) is 20.7. The lowest BCUT2D eigenvalue weighted by Gasteiger charge is -2.47. The second kappa shape index (κ2) is 21.4. The summed E-state index contributed by atoms with van der Waals surface area (Å²) in [6.45, 7) is 16.3. The van der Waals surface area contributed by atoms with Gasteiger partial charge in [-0.25, -0.2) is 0 Å². The van der Waals surface area contributed by atoms with Gasteiger partial charge in [-0.15, -0.1) is 19.4 Å². The van der Waals surface area contributed by atoms with Crippen molar-refractivity contribution in [2.24, 2.45) is 27.2 Å². The number of nitrogens with two attached hydrogens (primary N) is 1. The monoisotopic (exact) mass is 551 g/mol. The minimum atomic E-state index is -0.230. The second-order valence-corrected chi connectivity index (χ2v) is 10.6. The number of hydrogen-bond acceptors (Lipinski definition) is 4. The van der Waals surface area contributed by atoms with Gasteiger partial charge in [0.05, 0.1) is 0 Å². The predicted octanol–water partition coefficient (Wildman–Crippen LogP) is 6.02. The van der Waals surface area contributed by atoms with Gasteiger partial charge in [0.25, 0.3) is 0 Å². The van der Waals surface area contributed by atoms with Gasteiger partial charge >= 0.3 is 0 Å². The summed E-state index contributed by atoms with van der Waals surface area (Å²) in [7, 11) is 2.01. The van der Waals surface area contributed by atoms with Crippen LogP contribution in [0.1, 0.15) is 82.8 Å². The molecule has 1 saturated heterocycles. The van der Waals surface area contributed by atoms with Gasteiger partial charge in [-0.1, -0.05) is 69.0 Å². The Morgan fingerprint density at radius 1 is 1.18 bits per heavy atom. The smallest absolute Gasteiger partial charge is 0.222 e. The molecule has 0 saturated carbocycles.